The van der Waals surface area contributed by atoms with E-state index in [2.05, 4.69) is 31.1 Å². The first-order valence-electron chi connectivity index (χ1n) is 5.59. The van der Waals surface area contributed by atoms with Gasteiger partial charge in [-0.15, -0.1) is 0 Å². The highest BCUT2D eigenvalue weighted by molar-refractivity contribution is 8.14. The smallest absolute Gasteiger partial charge is 0.157 e. The van der Waals surface area contributed by atoms with E-state index < -0.39 is 0 Å². The Hall–Kier alpha value is -0.180. The van der Waals surface area contributed by atoms with Crippen LogP contribution in [0.4, 0.5) is 0 Å². The Kier molecular flexibility index (Phi) is 2.78. The second-order valence-corrected chi connectivity index (χ2v) is 6.35. The maximum Gasteiger partial charge on any atom is 0.157 e. The molecular formula is C11H20N2S. The number of aliphatic imine (C=N–C) groups is 1. The molecule has 2 aliphatic rings. The van der Waals surface area contributed by atoms with Gasteiger partial charge < -0.3 is 5.32 Å². The van der Waals surface area contributed by atoms with Crippen molar-refractivity contribution in [3.63, 3.8) is 0 Å². The van der Waals surface area contributed by atoms with Crippen molar-refractivity contribution in [3.8, 4) is 0 Å². The lowest BCUT2D eigenvalue weighted by atomic mass is 10.2. The summed E-state index contributed by atoms with van der Waals surface area (Å²) < 4.78 is 0. The van der Waals surface area contributed by atoms with Crippen molar-refractivity contribution >= 4 is 16.9 Å². The lowest BCUT2D eigenvalue weighted by Crippen LogP contribution is -2.25. The van der Waals surface area contributed by atoms with Crippen LogP contribution in [0.2, 0.25) is 0 Å². The number of amidine groups is 1. The van der Waals surface area contributed by atoms with Gasteiger partial charge in [-0.25, -0.2) is 0 Å². The van der Waals surface area contributed by atoms with Gasteiger partial charge in [0.2, 0.25) is 0 Å². The van der Waals surface area contributed by atoms with Crippen molar-refractivity contribution in [2.45, 2.75) is 51.3 Å². The molecule has 2 atom stereocenters. The molecule has 80 valence electrons. The first-order valence-corrected chi connectivity index (χ1v) is 6.47. The number of thioether (sulfide) groups is 1. The Labute approximate surface area is 90.9 Å². The van der Waals surface area contributed by atoms with E-state index in [0.717, 1.165) is 11.8 Å². The van der Waals surface area contributed by atoms with Crippen LogP contribution in [-0.4, -0.2) is 23.0 Å². The molecule has 2 unspecified atom stereocenters. The zero-order valence-corrected chi connectivity index (χ0v) is 10.2. The zero-order valence-electron chi connectivity index (χ0n) is 9.34. The lowest BCUT2D eigenvalue weighted by Gasteiger charge is -2.08. The number of hydrogen-bond donors (Lipinski definition) is 1. The quantitative estimate of drug-likeness (QED) is 0.778. The summed E-state index contributed by atoms with van der Waals surface area (Å²) in [4.78, 5) is 4.55. The number of rotatable bonds is 3. The molecule has 1 saturated carbocycles. The van der Waals surface area contributed by atoms with Crippen LogP contribution in [0.5, 0.6) is 0 Å². The summed E-state index contributed by atoms with van der Waals surface area (Å²) in [5.41, 5.74) is 0.506. The number of nitrogens with one attached hydrogen (secondary N) is 1. The highest BCUT2D eigenvalue weighted by Gasteiger charge is 2.46. The molecule has 0 aromatic rings. The van der Waals surface area contributed by atoms with E-state index >= 15 is 0 Å². The summed E-state index contributed by atoms with van der Waals surface area (Å²) >= 11 is 1.94. The van der Waals surface area contributed by atoms with Gasteiger partial charge in [0.05, 0.1) is 6.54 Å². The highest BCUT2D eigenvalue weighted by Crippen LogP contribution is 2.45. The zero-order chi connectivity index (χ0) is 10.2. The third-order valence-electron chi connectivity index (χ3n) is 3.14. The highest BCUT2D eigenvalue weighted by atomic mass is 32.2. The Morgan fingerprint density at radius 2 is 2.29 bits per heavy atom. The van der Waals surface area contributed by atoms with E-state index in [4.69, 9.17) is 0 Å². The molecule has 14 heavy (non-hydrogen) atoms. The molecule has 0 aromatic carbocycles. The minimum absolute atomic E-state index is 0.506. The minimum Gasteiger partial charge on any atom is -0.362 e. The summed E-state index contributed by atoms with van der Waals surface area (Å²) in [6, 6.07) is 0.675. The number of hydrogen-bond acceptors (Lipinski definition) is 3. The van der Waals surface area contributed by atoms with Crippen molar-refractivity contribution in [3.05, 3.63) is 0 Å². The van der Waals surface area contributed by atoms with Crippen LogP contribution in [0.1, 0.15) is 40.0 Å². The van der Waals surface area contributed by atoms with Crippen molar-refractivity contribution in [1.29, 1.82) is 0 Å². The normalized spacial score (nSPS) is 34.1. The van der Waals surface area contributed by atoms with Gasteiger partial charge in [0.1, 0.15) is 0 Å². The molecule has 0 bridgehead atoms. The summed E-state index contributed by atoms with van der Waals surface area (Å²) in [6.45, 7) is 7.90. The summed E-state index contributed by atoms with van der Waals surface area (Å²) in [5, 5.41) is 5.48. The molecule has 0 aromatic heterocycles. The van der Waals surface area contributed by atoms with Gasteiger partial charge in [0, 0.05) is 11.3 Å². The van der Waals surface area contributed by atoms with E-state index in [0.29, 0.717) is 11.5 Å². The molecule has 1 fully saturated rings. The van der Waals surface area contributed by atoms with Crippen LogP contribution < -0.4 is 5.32 Å². The number of nitrogens with zero attached hydrogens (tertiary/aromatic N) is 1. The van der Waals surface area contributed by atoms with Crippen molar-refractivity contribution in [1.82, 2.24) is 5.32 Å². The molecule has 1 heterocycles. The van der Waals surface area contributed by atoms with Gasteiger partial charge in [-0.3, -0.25) is 4.99 Å². The third kappa shape index (κ3) is 2.25. The fraction of sp³-hybridized carbons (Fsp3) is 0.909. The summed E-state index contributed by atoms with van der Waals surface area (Å²) in [5.74, 6) is 0. The third-order valence-corrected chi connectivity index (χ3v) is 4.33. The molecule has 1 N–H and O–H groups in total. The maximum absolute atomic E-state index is 4.55. The SMILES string of the molecule is CCCC1CN=C(NC2CC2(C)C)S1. The van der Waals surface area contributed by atoms with Gasteiger partial charge in [0.25, 0.3) is 0 Å². The standard InChI is InChI=1S/C11H20N2S/c1-4-5-8-7-12-10(14-8)13-9-6-11(9,2)3/h8-9H,4-7H2,1-3H3,(H,12,13). The molecule has 2 nitrogen and oxygen atoms in total. The molecule has 0 amide bonds. The van der Waals surface area contributed by atoms with Crippen LogP contribution in [0.3, 0.4) is 0 Å². The fourth-order valence-corrected chi connectivity index (χ4v) is 3.01. The molecule has 1 aliphatic heterocycles. The van der Waals surface area contributed by atoms with Crippen molar-refractivity contribution in [2.75, 3.05) is 6.54 Å². The van der Waals surface area contributed by atoms with Crippen LogP contribution in [0, 0.1) is 5.41 Å². The Morgan fingerprint density at radius 1 is 1.57 bits per heavy atom. The average Bonchev–Trinajstić information content (AvgIpc) is 2.55. The van der Waals surface area contributed by atoms with Gasteiger partial charge in [-0.05, 0) is 18.3 Å². The van der Waals surface area contributed by atoms with Gasteiger partial charge in [-0.1, -0.05) is 39.0 Å². The monoisotopic (exact) mass is 212 g/mol. The van der Waals surface area contributed by atoms with E-state index in [1.54, 1.807) is 0 Å². The lowest BCUT2D eigenvalue weighted by molar-refractivity contribution is 0.596. The van der Waals surface area contributed by atoms with Crippen LogP contribution in [0.25, 0.3) is 0 Å². The molecule has 3 heteroatoms. The summed E-state index contributed by atoms with van der Waals surface area (Å²) in [7, 11) is 0. The van der Waals surface area contributed by atoms with Crippen LogP contribution in [0.15, 0.2) is 4.99 Å². The Balaban J connectivity index is 1.74. The van der Waals surface area contributed by atoms with Crippen molar-refractivity contribution in [2.24, 2.45) is 10.4 Å². The Bertz CT molecular complexity index is 248. The minimum atomic E-state index is 0.506. The topological polar surface area (TPSA) is 24.4 Å². The van der Waals surface area contributed by atoms with Crippen LogP contribution in [-0.2, 0) is 0 Å². The fourth-order valence-electron chi connectivity index (χ4n) is 1.83. The van der Waals surface area contributed by atoms with E-state index in [-0.39, 0.29) is 0 Å². The maximum atomic E-state index is 4.55. The molecule has 0 spiro atoms. The van der Waals surface area contributed by atoms with E-state index in [1.807, 2.05) is 11.8 Å². The first-order chi connectivity index (χ1) is 6.62. The van der Waals surface area contributed by atoms with E-state index in [1.165, 1.54) is 24.4 Å². The molecule has 1 aliphatic carbocycles. The molecule has 2 rings (SSSR count). The second-order valence-electron chi connectivity index (χ2n) is 5.06. The van der Waals surface area contributed by atoms with Gasteiger partial charge in [-0.2, -0.15) is 0 Å². The Morgan fingerprint density at radius 3 is 2.86 bits per heavy atom. The van der Waals surface area contributed by atoms with Crippen molar-refractivity contribution < 1.29 is 0 Å². The second kappa shape index (κ2) is 3.76. The van der Waals surface area contributed by atoms with Gasteiger partial charge in [0.15, 0.2) is 5.17 Å². The predicted octanol–water partition coefficient (Wildman–Crippen LogP) is 2.65. The van der Waals surface area contributed by atoms with E-state index in [9.17, 15) is 0 Å². The molecule has 0 radical (unpaired) electrons. The summed E-state index contributed by atoms with van der Waals surface area (Å²) in [6.07, 6.45) is 3.87. The molecular weight excluding hydrogens is 192 g/mol. The van der Waals surface area contributed by atoms with Crippen LogP contribution >= 0.6 is 11.8 Å². The largest absolute Gasteiger partial charge is 0.362 e. The molecule has 0 saturated heterocycles. The first kappa shape index (κ1) is 10.3. The predicted molar refractivity (Wildman–Crippen MR) is 63.9 cm³/mol. The van der Waals surface area contributed by atoms with Gasteiger partial charge >= 0.3 is 0 Å². The average molecular weight is 212 g/mol.